The van der Waals surface area contributed by atoms with Gasteiger partial charge < -0.3 is 14.9 Å². The first-order valence-corrected chi connectivity index (χ1v) is 8.09. The van der Waals surface area contributed by atoms with Crippen LogP contribution >= 0.6 is 0 Å². The van der Waals surface area contributed by atoms with Crippen molar-refractivity contribution in [2.45, 2.75) is 39.2 Å². The fourth-order valence-electron chi connectivity index (χ4n) is 2.44. The molecule has 3 nitrogen and oxygen atoms in total. The lowest BCUT2D eigenvalue weighted by Crippen LogP contribution is -2.31. The Morgan fingerprint density at radius 3 is 2.05 bits per heavy atom. The van der Waals surface area contributed by atoms with E-state index >= 15 is 0 Å². The maximum atomic E-state index is 10.4. The van der Waals surface area contributed by atoms with Gasteiger partial charge in [0.25, 0.3) is 0 Å². The van der Waals surface area contributed by atoms with Crippen molar-refractivity contribution in [3.05, 3.63) is 35.4 Å². The summed E-state index contributed by atoms with van der Waals surface area (Å²) in [5.74, 6) is 0.536. The first-order chi connectivity index (χ1) is 9.93. The maximum Gasteiger partial charge on any atom is 0.0916 e. The van der Waals surface area contributed by atoms with E-state index in [1.54, 1.807) is 0 Å². The molecule has 0 aliphatic rings. The number of rotatable bonds is 9. The van der Waals surface area contributed by atoms with Crippen LogP contribution in [0.1, 0.15) is 50.3 Å². The lowest BCUT2D eigenvalue weighted by atomic mass is 10.00. The van der Waals surface area contributed by atoms with Gasteiger partial charge in [-0.2, -0.15) is 0 Å². The molecule has 0 bridgehead atoms. The summed E-state index contributed by atoms with van der Waals surface area (Å²) >= 11 is 0. The van der Waals surface area contributed by atoms with Crippen LogP contribution in [0.25, 0.3) is 0 Å². The van der Waals surface area contributed by atoms with Crippen molar-refractivity contribution in [1.29, 1.82) is 0 Å². The number of aliphatic hydroxyl groups excluding tert-OH is 1. The minimum absolute atomic E-state index is 0.398. The summed E-state index contributed by atoms with van der Waals surface area (Å²) in [5, 5.41) is 10.4. The van der Waals surface area contributed by atoms with Crippen LogP contribution in [0.15, 0.2) is 24.3 Å². The van der Waals surface area contributed by atoms with Gasteiger partial charge in [0.15, 0.2) is 0 Å². The lowest BCUT2D eigenvalue weighted by molar-refractivity contribution is 0.114. The van der Waals surface area contributed by atoms with Crippen molar-refractivity contribution in [2.24, 2.45) is 0 Å². The van der Waals surface area contributed by atoms with Gasteiger partial charge in [0.05, 0.1) is 6.10 Å². The Labute approximate surface area is 130 Å². The summed E-state index contributed by atoms with van der Waals surface area (Å²) in [4.78, 5) is 4.53. The molecule has 0 aliphatic heterocycles. The molecule has 0 amide bonds. The van der Waals surface area contributed by atoms with Crippen molar-refractivity contribution < 1.29 is 5.11 Å². The molecule has 1 atom stereocenters. The Kier molecular flexibility index (Phi) is 7.94. The van der Waals surface area contributed by atoms with E-state index in [0.717, 1.165) is 31.6 Å². The number of aliphatic hydroxyl groups is 1. The van der Waals surface area contributed by atoms with E-state index < -0.39 is 6.10 Å². The van der Waals surface area contributed by atoms with Crippen LogP contribution < -0.4 is 0 Å². The molecule has 1 N–H and O–H groups in total. The van der Waals surface area contributed by atoms with E-state index in [0.29, 0.717) is 12.5 Å². The summed E-state index contributed by atoms with van der Waals surface area (Å²) in [6, 6.07) is 8.39. The fourth-order valence-corrected chi connectivity index (χ4v) is 2.44. The summed E-state index contributed by atoms with van der Waals surface area (Å²) in [7, 11) is 4.20. The Morgan fingerprint density at radius 2 is 1.57 bits per heavy atom. The molecule has 1 unspecified atom stereocenters. The summed E-state index contributed by atoms with van der Waals surface area (Å²) in [6.45, 7) is 10.4. The van der Waals surface area contributed by atoms with Gasteiger partial charge in [-0.05, 0) is 57.2 Å². The van der Waals surface area contributed by atoms with Crippen molar-refractivity contribution in [3.8, 4) is 0 Å². The molecule has 1 aromatic rings. The maximum absolute atomic E-state index is 10.4. The van der Waals surface area contributed by atoms with Crippen LogP contribution in [-0.4, -0.2) is 55.2 Å². The Hall–Kier alpha value is -0.900. The van der Waals surface area contributed by atoms with E-state index in [1.165, 1.54) is 5.56 Å². The topological polar surface area (TPSA) is 26.7 Å². The Morgan fingerprint density at radius 1 is 1.00 bits per heavy atom. The summed E-state index contributed by atoms with van der Waals surface area (Å²) < 4.78 is 0. The van der Waals surface area contributed by atoms with E-state index in [2.05, 4.69) is 68.9 Å². The highest BCUT2D eigenvalue weighted by molar-refractivity contribution is 5.26. The minimum Gasteiger partial charge on any atom is -0.387 e. The second-order valence-corrected chi connectivity index (χ2v) is 6.39. The number of likely N-dealkylation sites (N-methyl/N-ethyl adjacent to an activating group) is 1. The second kappa shape index (κ2) is 9.19. The zero-order valence-electron chi connectivity index (χ0n) is 14.3. The molecule has 0 aromatic heterocycles. The standard InChI is InChI=1S/C18H32N2O/c1-6-20(13-7-12-19(4)5)14-18(21)17-10-8-16(9-11-17)15(2)3/h8-11,15,18,21H,6-7,12-14H2,1-5H3. The second-order valence-electron chi connectivity index (χ2n) is 6.39. The molecule has 0 spiro atoms. The van der Waals surface area contributed by atoms with Crippen molar-refractivity contribution in [2.75, 3.05) is 40.3 Å². The molecule has 0 fully saturated rings. The van der Waals surface area contributed by atoms with E-state index in [-0.39, 0.29) is 0 Å². The monoisotopic (exact) mass is 292 g/mol. The van der Waals surface area contributed by atoms with Crippen LogP contribution in [0.5, 0.6) is 0 Å². The molecule has 0 radical (unpaired) electrons. The van der Waals surface area contributed by atoms with Gasteiger partial charge in [0.1, 0.15) is 0 Å². The number of hydrogen-bond acceptors (Lipinski definition) is 3. The molecular weight excluding hydrogens is 260 g/mol. The van der Waals surface area contributed by atoms with Gasteiger partial charge in [-0.25, -0.2) is 0 Å². The number of nitrogens with zero attached hydrogens (tertiary/aromatic N) is 2. The van der Waals surface area contributed by atoms with Crippen LogP contribution in [-0.2, 0) is 0 Å². The smallest absolute Gasteiger partial charge is 0.0916 e. The van der Waals surface area contributed by atoms with Gasteiger partial charge in [0, 0.05) is 6.54 Å². The predicted molar refractivity (Wildman–Crippen MR) is 90.8 cm³/mol. The van der Waals surface area contributed by atoms with Crippen molar-refractivity contribution in [3.63, 3.8) is 0 Å². The highest BCUT2D eigenvalue weighted by Gasteiger charge is 2.12. The van der Waals surface area contributed by atoms with E-state index in [1.807, 2.05) is 0 Å². The van der Waals surface area contributed by atoms with Gasteiger partial charge in [-0.3, -0.25) is 0 Å². The van der Waals surface area contributed by atoms with Crippen LogP contribution in [0.3, 0.4) is 0 Å². The molecule has 0 saturated heterocycles. The predicted octanol–water partition coefficient (Wildman–Crippen LogP) is 3.12. The van der Waals surface area contributed by atoms with E-state index in [9.17, 15) is 5.11 Å². The molecule has 21 heavy (non-hydrogen) atoms. The summed E-state index contributed by atoms with van der Waals surface area (Å²) in [6.07, 6.45) is 0.741. The largest absolute Gasteiger partial charge is 0.387 e. The number of hydrogen-bond donors (Lipinski definition) is 1. The van der Waals surface area contributed by atoms with Crippen molar-refractivity contribution >= 4 is 0 Å². The fraction of sp³-hybridized carbons (Fsp3) is 0.667. The van der Waals surface area contributed by atoms with E-state index in [4.69, 9.17) is 0 Å². The average molecular weight is 292 g/mol. The SMILES string of the molecule is CCN(CCCN(C)C)CC(O)c1ccc(C(C)C)cc1. The average Bonchev–Trinajstić information content (AvgIpc) is 2.45. The quantitative estimate of drug-likeness (QED) is 0.757. The highest BCUT2D eigenvalue weighted by Crippen LogP contribution is 2.19. The zero-order valence-corrected chi connectivity index (χ0v) is 14.3. The third-order valence-electron chi connectivity index (χ3n) is 3.95. The Bertz CT molecular complexity index is 387. The molecule has 3 heteroatoms. The van der Waals surface area contributed by atoms with Gasteiger partial charge >= 0.3 is 0 Å². The minimum atomic E-state index is -0.398. The molecule has 0 heterocycles. The highest BCUT2D eigenvalue weighted by atomic mass is 16.3. The third-order valence-corrected chi connectivity index (χ3v) is 3.95. The first kappa shape index (κ1) is 18.1. The van der Waals surface area contributed by atoms with Crippen molar-refractivity contribution in [1.82, 2.24) is 9.80 Å². The molecule has 1 rings (SSSR count). The van der Waals surface area contributed by atoms with Gasteiger partial charge in [-0.15, -0.1) is 0 Å². The molecular formula is C18H32N2O. The molecule has 120 valence electrons. The normalized spacial score (nSPS) is 13.4. The van der Waals surface area contributed by atoms with Crippen LogP contribution in [0, 0.1) is 0 Å². The van der Waals surface area contributed by atoms with Gasteiger partial charge in [-0.1, -0.05) is 45.0 Å². The zero-order chi connectivity index (χ0) is 15.8. The number of benzene rings is 1. The molecule has 0 aliphatic carbocycles. The van der Waals surface area contributed by atoms with Gasteiger partial charge in [0.2, 0.25) is 0 Å². The molecule has 1 aromatic carbocycles. The van der Waals surface area contributed by atoms with Crippen LogP contribution in [0.4, 0.5) is 0 Å². The summed E-state index contributed by atoms with van der Waals surface area (Å²) in [5.41, 5.74) is 2.34. The molecule has 0 saturated carbocycles. The Balaban J connectivity index is 2.51. The van der Waals surface area contributed by atoms with Crippen LogP contribution in [0.2, 0.25) is 0 Å². The lowest BCUT2D eigenvalue weighted by Gasteiger charge is -2.24. The first-order valence-electron chi connectivity index (χ1n) is 8.09. The third kappa shape index (κ3) is 6.60.